The van der Waals surface area contributed by atoms with Gasteiger partial charge in [-0.15, -0.1) is 0 Å². The molecule has 0 fully saturated rings. The van der Waals surface area contributed by atoms with Crippen LogP contribution in [0.5, 0.6) is 0 Å². The number of anilines is 1. The molecule has 4 amide bonds. The number of carbonyl (C=O) groups is 6. The summed E-state index contributed by atoms with van der Waals surface area (Å²) in [5.41, 5.74) is 1.43. The number of carbonyl (C=O) groups excluding carboxylic acids is 5. The number of nitrogens with zero attached hydrogens (tertiary/aromatic N) is 1. The summed E-state index contributed by atoms with van der Waals surface area (Å²) in [6.45, 7) is 4.24. The first-order valence-corrected chi connectivity index (χ1v) is 12.0. The van der Waals surface area contributed by atoms with Crippen LogP contribution in [-0.2, 0) is 30.5 Å². The maximum atomic E-state index is 13.7. The van der Waals surface area contributed by atoms with Gasteiger partial charge in [0.1, 0.15) is 18.4 Å². The van der Waals surface area contributed by atoms with Crippen LogP contribution in [0.1, 0.15) is 43.1 Å². The molecule has 2 atom stereocenters. The monoisotopic (exact) mass is 524 g/mol. The van der Waals surface area contributed by atoms with E-state index < -0.39 is 48.7 Å². The Bertz CT molecular complexity index is 1170. The van der Waals surface area contributed by atoms with Gasteiger partial charge >= 0.3 is 5.97 Å². The zero-order valence-electron chi connectivity index (χ0n) is 21.5. The summed E-state index contributed by atoms with van der Waals surface area (Å²) in [7, 11) is 0. The van der Waals surface area contributed by atoms with Gasteiger partial charge in [-0.2, -0.15) is 0 Å². The number of aldehydes is 1. The Morgan fingerprint density at radius 2 is 1.66 bits per heavy atom. The quantitative estimate of drug-likeness (QED) is 0.289. The van der Waals surface area contributed by atoms with Crippen molar-refractivity contribution in [3.05, 3.63) is 65.7 Å². The van der Waals surface area contributed by atoms with Crippen molar-refractivity contribution in [3.63, 3.8) is 0 Å². The number of carboxylic acids is 1. The van der Waals surface area contributed by atoms with Crippen LogP contribution in [-0.4, -0.2) is 64.5 Å². The second-order valence-electron chi connectivity index (χ2n) is 9.00. The third kappa shape index (κ3) is 9.16. The largest absolute Gasteiger partial charge is 0.480 e. The van der Waals surface area contributed by atoms with Crippen LogP contribution >= 0.6 is 0 Å². The Hall–Kier alpha value is -4.54. The summed E-state index contributed by atoms with van der Waals surface area (Å²) in [6, 6.07) is 12.6. The van der Waals surface area contributed by atoms with Crippen molar-refractivity contribution < 1.29 is 33.9 Å². The molecule has 2 aromatic carbocycles. The zero-order chi connectivity index (χ0) is 28.2. The molecular formula is C27H32N4O7. The molecule has 0 radical (unpaired) electrons. The fourth-order valence-electron chi connectivity index (χ4n) is 3.64. The van der Waals surface area contributed by atoms with Crippen LogP contribution < -0.4 is 16.0 Å². The molecular weight excluding hydrogens is 492 g/mol. The van der Waals surface area contributed by atoms with Gasteiger partial charge in [0.05, 0.1) is 6.54 Å². The minimum Gasteiger partial charge on any atom is -0.480 e. The molecule has 0 aliphatic rings. The van der Waals surface area contributed by atoms with E-state index in [9.17, 15) is 33.9 Å². The highest BCUT2D eigenvalue weighted by Gasteiger charge is 2.31. The second kappa shape index (κ2) is 14.3. The van der Waals surface area contributed by atoms with Gasteiger partial charge in [0, 0.05) is 31.1 Å². The average Bonchev–Trinajstić information content (AvgIpc) is 2.86. The highest BCUT2D eigenvalue weighted by Crippen LogP contribution is 2.16. The van der Waals surface area contributed by atoms with Crippen molar-refractivity contribution in [1.82, 2.24) is 15.5 Å². The van der Waals surface area contributed by atoms with Crippen LogP contribution in [0.15, 0.2) is 54.6 Å². The number of hydrogen-bond acceptors (Lipinski definition) is 6. The minimum absolute atomic E-state index is 0.0739. The van der Waals surface area contributed by atoms with Gasteiger partial charge in [0.2, 0.25) is 17.7 Å². The highest BCUT2D eigenvalue weighted by atomic mass is 16.4. The molecule has 0 heterocycles. The van der Waals surface area contributed by atoms with Crippen LogP contribution in [0, 0.1) is 5.92 Å². The van der Waals surface area contributed by atoms with E-state index in [1.54, 1.807) is 68.4 Å². The van der Waals surface area contributed by atoms with Crippen molar-refractivity contribution in [1.29, 1.82) is 0 Å². The topological polar surface area (TPSA) is 162 Å². The Morgan fingerprint density at radius 1 is 0.974 bits per heavy atom. The van der Waals surface area contributed by atoms with Crippen molar-refractivity contribution in [3.8, 4) is 0 Å². The molecule has 0 saturated carbocycles. The molecule has 0 aromatic heterocycles. The van der Waals surface area contributed by atoms with Gasteiger partial charge in [0.15, 0.2) is 0 Å². The third-order valence-electron chi connectivity index (χ3n) is 5.49. The zero-order valence-corrected chi connectivity index (χ0v) is 21.5. The van der Waals surface area contributed by atoms with Gasteiger partial charge in [-0.3, -0.25) is 19.2 Å². The molecule has 2 aromatic rings. The first-order valence-electron chi connectivity index (χ1n) is 12.0. The lowest BCUT2D eigenvalue weighted by atomic mass is 10.0. The van der Waals surface area contributed by atoms with E-state index in [0.717, 1.165) is 0 Å². The van der Waals surface area contributed by atoms with Crippen molar-refractivity contribution in [2.75, 3.05) is 11.9 Å². The predicted molar refractivity (Wildman–Crippen MR) is 139 cm³/mol. The van der Waals surface area contributed by atoms with Gasteiger partial charge in [-0.1, -0.05) is 44.2 Å². The minimum atomic E-state index is -1.45. The van der Waals surface area contributed by atoms with Crippen LogP contribution in [0.4, 0.5) is 5.69 Å². The molecule has 202 valence electrons. The molecule has 4 N–H and O–H groups in total. The number of amides is 4. The maximum absolute atomic E-state index is 13.7. The molecule has 0 spiro atoms. The molecule has 0 saturated heterocycles. The first kappa shape index (κ1) is 29.7. The number of nitrogens with one attached hydrogen (secondary N) is 3. The molecule has 0 bridgehead atoms. The highest BCUT2D eigenvalue weighted by molar-refractivity contribution is 5.98. The first-order chi connectivity index (χ1) is 18.0. The number of carboxylic acid groups (broad SMARTS) is 1. The van der Waals surface area contributed by atoms with E-state index in [1.807, 2.05) is 0 Å². The molecule has 0 aliphatic heterocycles. The summed E-state index contributed by atoms with van der Waals surface area (Å²) in [4.78, 5) is 74.1. The van der Waals surface area contributed by atoms with Crippen molar-refractivity contribution >= 4 is 41.6 Å². The molecule has 0 aliphatic carbocycles. The normalized spacial score (nSPS) is 12.1. The van der Waals surface area contributed by atoms with E-state index in [4.69, 9.17) is 0 Å². The lowest BCUT2D eigenvalue weighted by Gasteiger charge is -2.30. The molecule has 11 heteroatoms. The number of rotatable bonds is 13. The van der Waals surface area contributed by atoms with E-state index in [1.165, 1.54) is 11.8 Å². The van der Waals surface area contributed by atoms with Gasteiger partial charge in [-0.25, -0.2) is 4.79 Å². The van der Waals surface area contributed by atoms with E-state index >= 15 is 0 Å². The Kier molecular flexibility index (Phi) is 11.1. The standard InChI is InChI=1S/C27H32N4O7/c1-17(2)24(30-25(35)20-9-5-4-6-10-20)26(36)31(16-23(34)29-22(12-13-32)27(37)38)15-19-8-7-11-21(14-19)28-18(3)33/h4-11,13-14,17,22,24H,12,15-16H2,1-3H3,(H,28,33)(H,29,34)(H,30,35)(H,37,38)/t22-,24-/m0/s1. The van der Waals surface area contributed by atoms with Gasteiger partial charge in [0.25, 0.3) is 5.91 Å². The fraction of sp³-hybridized carbons (Fsp3) is 0.333. The molecule has 0 unspecified atom stereocenters. The maximum Gasteiger partial charge on any atom is 0.326 e. The molecule has 11 nitrogen and oxygen atoms in total. The lowest BCUT2D eigenvalue weighted by Crippen LogP contribution is -2.54. The smallest absolute Gasteiger partial charge is 0.326 e. The number of benzene rings is 2. The SMILES string of the molecule is CC(=O)Nc1cccc(CN(CC(=O)N[C@@H](CC=O)C(=O)O)C(=O)[C@@H](NC(=O)c2ccccc2)C(C)C)c1. The van der Waals surface area contributed by atoms with Crippen molar-refractivity contribution in [2.45, 2.75) is 45.8 Å². The van der Waals surface area contributed by atoms with Gasteiger partial charge in [-0.05, 0) is 35.7 Å². The van der Waals surface area contributed by atoms with Crippen LogP contribution in [0.2, 0.25) is 0 Å². The van der Waals surface area contributed by atoms with E-state index in [2.05, 4.69) is 16.0 Å². The Labute approximate surface area is 220 Å². The summed E-state index contributed by atoms with van der Waals surface area (Å²) in [5.74, 6) is -3.84. The Morgan fingerprint density at radius 3 is 2.24 bits per heavy atom. The summed E-state index contributed by atoms with van der Waals surface area (Å²) < 4.78 is 0. The van der Waals surface area contributed by atoms with Crippen LogP contribution in [0.25, 0.3) is 0 Å². The summed E-state index contributed by atoms with van der Waals surface area (Å²) in [5, 5.41) is 16.9. The molecule has 2 rings (SSSR count). The van der Waals surface area contributed by atoms with Crippen LogP contribution in [0.3, 0.4) is 0 Å². The summed E-state index contributed by atoms with van der Waals surface area (Å²) >= 11 is 0. The van der Waals surface area contributed by atoms with E-state index in [-0.39, 0.29) is 18.4 Å². The second-order valence-corrected chi connectivity index (χ2v) is 9.00. The molecule has 38 heavy (non-hydrogen) atoms. The third-order valence-corrected chi connectivity index (χ3v) is 5.49. The van der Waals surface area contributed by atoms with E-state index in [0.29, 0.717) is 23.1 Å². The predicted octanol–water partition coefficient (Wildman–Crippen LogP) is 1.59. The lowest BCUT2D eigenvalue weighted by molar-refractivity contribution is -0.144. The van der Waals surface area contributed by atoms with Crippen molar-refractivity contribution in [2.24, 2.45) is 5.92 Å². The number of aliphatic carboxylic acids is 1. The average molecular weight is 525 g/mol. The number of hydrogen-bond donors (Lipinski definition) is 4. The fourth-order valence-corrected chi connectivity index (χ4v) is 3.64. The van der Waals surface area contributed by atoms with Gasteiger partial charge < -0.3 is 30.8 Å². The summed E-state index contributed by atoms with van der Waals surface area (Å²) in [6.07, 6.45) is -0.0566. The Balaban J connectivity index is 2.34.